The zero-order chi connectivity index (χ0) is 16.1. The van der Waals surface area contributed by atoms with Crippen molar-refractivity contribution in [2.45, 2.75) is 12.2 Å². The topological polar surface area (TPSA) is 57.2 Å². The van der Waals surface area contributed by atoms with Crippen LogP contribution in [0, 0.1) is 11.8 Å². The van der Waals surface area contributed by atoms with Crippen molar-refractivity contribution in [1.29, 1.82) is 0 Å². The molecule has 5 rings (SSSR count). The van der Waals surface area contributed by atoms with E-state index in [-0.39, 0.29) is 24.8 Å². The van der Waals surface area contributed by atoms with Gasteiger partial charge in [0.15, 0.2) is 11.5 Å². The van der Waals surface area contributed by atoms with Crippen molar-refractivity contribution < 1.29 is 24.1 Å². The van der Waals surface area contributed by atoms with Gasteiger partial charge < -0.3 is 24.1 Å². The third kappa shape index (κ3) is 2.16. The predicted octanol–water partition coefficient (Wildman–Crippen LogP) is 3.20. The van der Waals surface area contributed by atoms with Crippen LogP contribution >= 0.6 is 0 Å². The number of hydrogen-bond donors (Lipinski definition) is 1. The molecule has 0 bridgehead atoms. The summed E-state index contributed by atoms with van der Waals surface area (Å²) in [6, 6.07) is 13.3. The molecule has 124 valence electrons. The first-order valence-electron chi connectivity index (χ1n) is 8.21. The highest BCUT2D eigenvalue weighted by atomic mass is 16.7. The highest BCUT2D eigenvalue weighted by Gasteiger charge is 2.48. The Morgan fingerprint density at radius 2 is 1.38 bits per heavy atom. The number of hydrogen-bond acceptors (Lipinski definition) is 5. The second-order valence-corrected chi connectivity index (χ2v) is 6.54. The van der Waals surface area contributed by atoms with E-state index >= 15 is 0 Å². The lowest BCUT2D eigenvalue weighted by atomic mass is 9.85. The second-order valence-electron chi connectivity index (χ2n) is 6.54. The monoisotopic (exact) mass is 326 g/mol. The summed E-state index contributed by atoms with van der Waals surface area (Å²) in [5.74, 6) is 2.50. The van der Waals surface area contributed by atoms with E-state index in [2.05, 4.69) is 6.07 Å². The third-order valence-corrected chi connectivity index (χ3v) is 5.21. The molecule has 0 saturated carbocycles. The Balaban J connectivity index is 1.40. The van der Waals surface area contributed by atoms with E-state index in [4.69, 9.17) is 18.9 Å². The van der Waals surface area contributed by atoms with Crippen LogP contribution in [0.15, 0.2) is 42.5 Å². The van der Waals surface area contributed by atoms with E-state index < -0.39 is 0 Å². The van der Waals surface area contributed by atoms with Gasteiger partial charge in [0.2, 0.25) is 6.79 Å². The Bertz CT molecular complexity index is 757. The average Bonchev–Trinajstić information content (AvgIpc) is 3.30. The molecule has 3 heterocycles. The van der Waals surface area contributed by atoms with Crippen molar-refractivity contribution in [3.8, 4) is 17.2 Å². The van der Waals surface area contributed by atoms with Gasteiger partial charge in [-0.2, -0.15) is 0 Å². The van der Waals surface area contributed by atoms with Gasteiger partial charge in [0.1, 0.15) is 5.75 Å². The molecule has 0 spiro atoms. The van der Waals surface area contributed by atoms with Crippen LogP contribution in [0.2, 0.25) is 0 Å². The maximum atomic E-state index is 9.47. The summed E-state index contributed by atoms with van der Waals surface area (Å²) in [4.78, 5) is 0. The number of aromatic hydroxyl groups is 1. The van der Waals surface area contributed by atoms with Crippen LogP contribution in [0.3, 0.4) is 0 Å². The molecule has 0 amide bonds. The van der Waals surface area contributed by atoms with E-state index in [1.165, 1.54) is 0 Å². The maximum Gasteiger partial charge on any atom is 0.231 e. The fourth-order valence-corrected chi connectivity index (χ4v) is 3.99. The van der Waals surface area contributed by atoms with E-state index in [0.29, 0.717) is 25.0 Å². The first-order valence-corrected chi connectivity index (χ1v) is 8.21. The molecule has 0 aromatic heterocycles. The van der Waals surface area contributed by atoms with Crippen molar-refractivity contribution >= 4 is 0 Å². The lowest BCUT2D eigenvalue weighted by Gasteiger charge is -2.17. The molecule has 24 heavy (non-hydrogen) atoms. The summed E-state index contributed by atoms with van der Waals surface area (Å²) in [6.07, 6.45) is 0.0428. The van der Waals surface area contributed by atoms with Gasteiger partial charge in [-0.3, -0.25) is 0 Å². The smallest absolute Gasteiger partial charge is 0.231 e. The minimum Gasteiger partial charge on any atom is -0.508 e. The summed E-state index contributed by atoms with van der Waals surface area (Å²) in [5, 5.41) is 9.47. The summed E-state index contributed by atoms with van der Waals surface area (Å²) < 4.78 is 23.0. The van der Waals surface area contributed by atoms with Gasteiger partial charge in [-0.05, 0) is 35.4 Å². The van der Waals surface area contributed by atoms with E-state index in [0.717, 1.165) is 22.6 Å². The molecular weight excluding hydrogens is 308 g/mol. The lowest BCUT2D eigenvalue weighted by Crippen LogP contribution is -2.14. The van der Waals surface area contributed by atoms with Crippen molar-refractivity contribution in [1.82, 2.24) is 0 Å². The average molecular weight is 326 g/mol. The van der Waals surface area contributed by atoms with E-state index in [9.17, 15) is 5.11 Å². The van der Waals surface area contributed by atoms with E-state index in [1.807, 2.05) is 24.3 Å². The zero-order valence-corrected chi connectivity index (χ0v) is 13.1. The maximum absolute atomic E-state index is 9.47. The van der Waals surface area contributed by atoms with Gasteiger partial charge in [0, 0.05) is 11.8 Å². The number of ether oxygens (including phenoxy) is 4. The summed E-state index contributed by atoms with van der Waals surface area (Å²) >= 11 is 0. The zero-order valence-electron chi connectivity index (χ0n) is 13.1. The molecule has 3 aliphatic rings. The molecule has 3 aliphatic heterocycles. The number of fused-ring (bicyclic) bond motifs is 2. The van der Waals surface area contributed by atoms with Gasteiger partial charge in [-0.15, -0.1) is 0 Å². The van der Waals surface area contributed by atoms with Crippen LogP contribution in [-0.2, 0) is 9.47 Å². The first-order chi connectivity index (χ1) is 11.8. The van der Waals surface area contributed by atoms with Crippen molar-refractivity contribution in [3.05, 3.63) is 53.6 Å². The first kappa shape index (κ1) is 14.1. The summed E-state index contributed by atoms with van der Waals surface area (Å²) in [7, 11) is 0. The van der Waals surface area contributed by atoms with Gasteiger partial charge in [-0.1, -0.05) is 18.2 Å². The molecule has 2 saturated heterocycles. The normalized spacial score (nSPS) is 30.5. The Morgan fingerprint density at radius 1 is 0.750 bits per heavy atom. The van der Waals surface area contributed by atoms with Crippen LogP contribution in [0.25, 0.3) is 0 Å². The third-order valence-electron chi connectivity index (χ3n) is 5.21. The minimum absolute atomic E-state index is 0.0200. The van der Waals surface area contributed by atoms with Crippen LogP contribution in [0.4, 0.5) is 0 Å². The number of phenols is 1. The highest BCUT2D eigenvalue weighted by molar-refractivity contribution is 5.45. The lowest BCUT2D eigenvalue weighted by molar-refractivity contribution is 0.0192. The molecule has 2 aromatic rings. The molecule has 5 heteroatoms. The van der Waals surface area contributed by atoms with Crippen molar-refractivity contribution in [3.63, 3.8) is 0 Å². The minimum atomic E-state index is 0.0200. The highest BCUT2D eigenvalue weighted by Crippen LogP contribution is 2.51. The van der Waals surface area contributed by atoms with Gasteiger partial charge in [0.25, 0.3) is 0 Å². The standard InChI is InChI=1S/C19H18O5/c20-13-4-1-11(2-5-13)18-14-8-22-19(15(14)9-21-18)12-3-6-16-17(7-12)24-10-23-16/h1-7,14-15,18-20H,8-10H2. The molecule has 1 N–H and O–H groups in total. The molecule has 5 nitrogen and oxygen atoms in total. The largest absolute Gasteiger partial charge is 0.508 e. The Kier molecular flexibility index (Phi) is 3.18. The van der Waals surface area contributed by atoms with Crippen molar-refractivity contribution in [2.24, 2.45) is 11.8 Å². The SMILES string of the molecule is Oc1ccc(C2OCC3C(c4ccc5c(c4)OCO5)OCC23)cc1. The number of benzene rings is 2. The van der Waals surface area contributed by atoms with Gasteiger partial charge in [0.05, 0.1) is 25.4 Å². The fourth-order valence-electron chi connectivity index (χ4n) is 3.99. The molecule has 2 aromatic carbocycles. The summed E-state index contributed by atoms with van der Waals surface area (Å²) in [5.41, 5.74) is 2.21. The van der Waals surface area contributed by atoms with Crippen LogP contribution in [-0.4, -0.2) is 25.1 Å². The molecule has 4 atom stereocenters. The molecule has 0 radical (unpaired) electrons. The molecule has 2 fully saturated rings. The quantitative estimate of drug-likeness (QED) is 0.918. The Hall–Kier alpha value is -2.24. The number of rotatable bonds is 2. The van der Waals surface area contributed by atoms with Gasteiger partial charge >= 0.3 is 0 Å². The molecular formula is C19H18O5. The summed E-state index contributed by atoms with van der Waals surface area (Å²) in [6.45, 7) is 1.63. The van der Waals surface area contributed by atoms with E-state index in [1.54, 1.807) is 12.1 Å². The number of phenolic OH excluding ortho intramolecular Hbond substituents is 1. The van der Waals surface area contributed by atoms with Crippen molar-refractivity contribution in [2.75, 3.05) is 20.0 Å². The van der Waals surface area contributed by atoms with Crippen LogP contribution in [0.5, 0.6) is 17.2 Å². The Morgan fingerprint density at radius 3 is 2.12 bits per heavy atom. The predicted molar refractivity (Wildman–Crippen MR) is 85.0 cm³/mol. The van der Waals surface area contributed by atoms with Crippen LogP contribution in [0.1, 0.15) is 23.3 Å². The molecule has 0 aliphatic carbocycles. The van der Waals surface area contributed by atoms with Crippen LogP contribution < -0.4 is 9.47 Å². The molecule has 4 unspecified atom stereocenters. The second kappa shape index (κ2) is 5.40. The Labute approximate surface area is 139 Å². The van der Waals surface area contributed by atoms with Gasteiger partial charge in [-0.25, -0.2) is 0 Å². The fraction of sp³-hybridized carbons (Fsp3) is 0.368.